The van der Waals surface area contributed by atoms with E-state index in [0.717, 1.165) is 56.5 Å². The summed E-state index contributed by atoms with van der Waals surface area (Å²) >= 11 is 0. The fraction of sp³-hybridized carbons (Fsp3) is 0.654. The average Bonchev–Trinajstić information content (AvgIpc) is 2.87. The van der Waals surface area contributed by atoms with E-state index in [4.69, 9.17) is 4.74 Å². The molecule has 2 heterocycles. The zero-order valence-corrected chi connectivity index (χ0v) is 21.5. The third-order valence-corrected chi connectivity index (χ3v) is 7.16. The number of nitrogens with zero attached hydrogens (tertiary/aromatic N) is 1. The summed E-state index contributed by atoms with van der Waals surface area (Å²) in [5.41, 5.74) is 1.00. The number of hydrogen-bond acceptors (Lipinski definition) is 5. The van der Waals surface area contributed by atoms with Crippen molar-refractivity contribution in [3.8, 4) is 5.75 Å². The van der Waals surface area contributed by atoms with Gasteiger partial charge in [-0.25, -0.2) is 0 Å². The number of carboxylic acids is 1. The van der Waals surface area contributed by atoms with E-state index in [9.17, 15) is 19.5 Å². The maximum absolute atomic E-state index is 12.8. The summed E-state index contributed by atoms with van der Waals surface area (Å²) in [6, 6.07) is 7.58. The summed E-state index contributed by atoms with van der Waals surface area (Å²) in [5.74, 6) is -0.516. The first-order valence-electron chi connectivity index (χ1n) is 12.6. The highest BCUT2D eigenvalue weighted by Gasteiger charge is 2.29. The molecule has 3 N–H and O–H groups in total. The van der Waals surface area contributed by atoms with Gasteiger partial charge in [0.25, 0.3) is 0 Å². The number of carboxylic acid groups (broad SMARTS) is 1. The van der Waals surface area contributed by atoms with Crippen LogP contribution in [0.3, 0.4) is 0 Å². The Kier molecular flexibility index (Phi) is 12.3. The van der Waals surface area contributed by atoms with Crippen LogP contribution in [0.4, 0.5) is 0 Å². The monoisotopic (exact) mass is 509 g/mol. The van der Waals surface area contributed by atoms with Crippen molar-refractivity contribution in [2.75, 3.05) is 39.8 Å². The highest BCUT2D eigenvalue weighted by Crippen LogP contribution is 2.22. The maximum Gasteiger partial charge on any atom is 0.308 e. The number of likely N-dealkylation sites (tertiary alicyclic amines) is 1. The summed E-state index contributed by atoms with van der Waals surface area (Å²) in [4.78, 5) is 39.1. The number of piperidine rings is 2. The molecule has 196 valence electrons. The average molecular weight is 510 g/mol. The number of nitrogens with one attached hydrogen (secondary N) is 2. The summed E-state index contributed by atoms with van der Waals surface area (Å²) in [7, 11) is 1.60. The van der Waals surface area contributed by atoms with Crippen LogP contribution in [0.5, 0.6) is 5.75 Å². The predicted molar refractivity (Wildman–Crippen MR) is 137 cm³/mol. The minimum absolute atomic E-state index is 0. The number of methoxy groups -OCH3 is 1. The third-order valence-electron chi connectivity index (χ3n) is 7.16. The molecule has 0 saturated carbocycles. The molecule has 3 rings (SSSR count). The summed E-state index contributed by atoms with van der Waals surface area (Å²) in [5, 5.41) is 15.8. The van der Waals surface area contributed by atoms with Gasteiger partial charge in [-0.15, -0.1) is 12.4 Å². The van der Waals surface area contributed by atoms with Gasteiger partial charge < -0.3 is 25.4 Å². The van der Waals surface area contributed by atoms with Gasteiger partial charge in [-0.3, -0.25) is 14.4 Å². The number of rotatable bonds is 11. The first kappa shape index (κ1) is 28.9. The Labute approximate surface area is 214 Å². The lowest BCUT2D eigenvalue weighted by Crippen LogP contribution is -2.46. The first-order valence-corrected chi connectivity index (χ1v) is 12.6. The van der Waals surface area contributed by atoms with Crippen molar-refractivity contribution in [1.82, 2.24) is 15.5 Å². The van der Waals surface area contributed by atoms with E-state index < -0.39 is 11.9 Å². The molecule has 2 aliphatic heterocycles. The van der Waals surface area contributed by atoms with Crippen LogP contribution in [-0.2, 0) is 20.8 Å². The van der Waals surface area contributed by atoms with Gasteiger partial charge >= 0.3 is 5.97 Å². The van der Waals surface area contributed by atoms with Crippen molar-refractivity contribution in [3.05, 3.63) is 29.8 Å². The molecular formula is C26H40ClN3O5. The van der Waals surface area contributed by atoms with Gasteiger partial charge in [0, 0.05) is 26.1 Å². The molecule has 0 bridgehead atoms. The first-order chi connectivity index (χ1) is 16.5. The molecule has 0 aromatic heterocycles. The number of amides is 2. The molecular weight excluding hydrogens is 470 g/mol. The van der Waals surface area contributed by atoms with Crippen LogP contribution < -0.4 is 15.4 Å². The van der Waals surface area contributed by atoms with Gasteiger partial charge in [0.1, 0.15) is 5.75 Å². The van der Waals surface area contributed by atoms with E-state index in [1.165, 1.54) is 0 Å². The second-order valence-electron chi connectivity index (χ2n) is 9.58. The number of halogens is 1. The lowest BCUT2D eigenvalue weighted by molar-refractivity contribution is -0.142. The number of aliphatic carboxylic acids is 1. The van der Waals surface area contributed by atoms with Gasteiger partial charge in [-0.05, 0) is 81.6 Å². The SMILES string of the molecule is COc1cccc(CC[C@H](CNC(=O)[C@@H]2CCCN(C(=O)CCC3CCNCC3)C2)C(=O)O)c1.Cl. The van der Waals surface area contributed by atoms with Gasteiger partial charge in [0.05, 0.1) is 18.9 Å². The normalized spacial score (nSPS) is 19.3. The maximum atomic E-state index is 12.8. The molecule has 35 heavy (non-hydrogen) atoms. The standard InChI is InChI=1S/C26H39N3O5.ClH/c1-34-23-6-2-4-20(16-23)7-9-21(26(32)33)17-28-25(31)22-5-3-15-29(18-22)24(30)10-8-19-11-13-27-14-12-19;/h2,4,6,16,19,21-22,27H,3,5,7-15,17-18H2,1H3,(H,28,31)(H,32,33);1H/t21-,22-;/m1./s1. The van der Waals surface area contributed by atoms with Crippen LogP contribution in [0.25, 0.3) is 0 Å². The van der Waals surface area contributed by atoms with Crippen LogP contribution >= 0.6 is 12.4 Å². The molecule has 0 unspecified atom stereocenters. The molecule has 1 aromatic rings. The third kappa shape index (κ3) is 9.33. The lowest BCUT2D eigenvalue weighted by atomic mass is 9.92. The summed E-state index contributed by atoms with van der Waals surface area (Å²) in [6.45, 7) is 3.28. The van der Waals surface area contributed by atoms with Crippen LogP contribution in [-0.4, -0.2) is 67.6 Å². The van der Waals surface area contributed by atoms with Gasteiger partial charge in [-0.1, -0.05) is 12.1 Å². The highest BCUT2D eigenvalue weighted by atomic mass is 35.5. The van der Waals surface area contributed by atoms with Crippen LogP contribution in [0, 0.1) is 17.8 Å². The minimum Gasteiger partial charge on any atom is -0.497 e. The number of carbonyl (C=O) groups is 3. The molecule has 1 aromatic carbocycles. The zero-order chi connectivity index (χ0) is 24.3. The van der Waals surface area contributed by atoms with Crippen molar-refractivity contribution in [3.63, 3.8) is 0 Å². The van der Waals surface area contributed by atoms with Gasteiger partial charge in [0.15, 0.2) is 0 Å². The number of hydrogen-bond donors (Lipinski definition) is 3. The molecule has 0 aliphatic carbocycles. The molecule has 2 amide bonds. The fourth-order valence-electron chi connectivity index (χ4n) is 4.92. The Hall–Kier alpha value is -2.32. The van der Waals surface area contributed by atoms with Crippen molar-refractivity contribution >= 4 is 30.2 Å². The molecule has 2 fully saturated rings. The van der Waals surface area contributed by atoms with E-state index in [2.05, 4.69) is 10.6 Å². The highest BCUT2D eigenvalue weighted by molar-refractivity contribution is 5.85. The van der Waals surface area contributed by atoms with Crippen molar-refractivity contribution < 1.29 is 24.2 Å². The van der Waals surface area contributed by atoms with Crippen LogP contribution in [0.15, 0.2) is 24.3 Å². The molecule has 8 nitrogen and oxygen atoms in total. The van der Waals surface area contributed by atoms with Crippen molar-refractivity contribution in [1.29, 1.82) is 0 Å². The molecule has 0 radical (unpaired) electrons. The van der Waals surface area contributed by atoms with Crippen LogP contribution in [0.2, 0.25) is 0 Å². The topological polar surface area (TPSA) is 108 Å². The van der Waals surface area contributed by atoms with E-state index in [1.807, 2.05) is 29.2 Å². The Bertz CT molecular complexity index is 831. The van der Waals surface area contributed by atoms with Gasteiger partial charge in [-0.2, -0.15) is 0 Å². The Morgan fingerprint density at radius 2 is 2.00 bits per heavy atom. The molecule has 2 atom stereocenters. The number of benzene rings is 1. The number of carbonyl (C=O) groups excluding carboxylic acids is 2. The molecule has 9 heteroatoms. The Balaban J connectivity index is 0.00000432. The van der Waals surface area contributed by atoms with Gasteiger partial charge in [0.2, 0.25) is 11.8 Å². The van der Waals surface area contributed by atoms with E-state index in [0.29, 0.717) is 38.3 Å². The molecule has 0 spiro atoms. The minimum atomic E-state index is -0.915. The predicted octanol–water partition coefficient (Wildman–Crippen LogP) is 2.89. The Morgan fingerprint density at radius 3 is 2.71 bits per heavy atom. The second kappa shape index (κ2) is 14.9. The van der Waals surface area contributed by atoms with Crippen LogP contribution in [0.1, 0.15) is 50.5 Å². The van der Waals surface area contributed by atoms with E-state index in [1.54, 1.807) is 7.11 Å². The quantitative estimate of drug-likeness (QED) is 0.423. The lowest BCUT2D eigenvalue weighted by Gasteiger charge is -2.33. The van der Waals surface area contributed by atoms with E-state index >= 15 is 0 Å². The number of aryl methyl sites for hydroxylation is 1. The van der Waals surface area contributed by atoms with Crippen molar-refractivity contribution in [2.24, 2.45) is 17.8 Å². The molecule has 2 aliphatic rings. The zero-order valence-electron chi connectivity index (χ0n) is 20.7. The molecule has 2 saturated heterocycles. The number of ether oxygens (including phenoxy) is 1. The second-order valence-corrected chi connectivity index (χ2v) is 9.58. The Morgan fingerprint density at radius 1 is 1.23 bits per heavy atom. The van der Waals surface area contributed by atoms with E-state index in [-0.39, 0.29) is 36.7 Å². The van der Waals surface area contributed by atoms with Crippen molar-refractivity contribution in [2.45, 2.75) is 51.4 Å². The largest absolute Gasteiger partial charge is 0.497 e. The summed E-state index contributed by atoms with van der Waals surface area (Å²) < 4.78 is 5.22. The summed E-state index contributed by atoms with van der Waals surface area (Å²) in [6.07, 6.45) is 6.26. The smallest absolute Gasteiger partial charge is 0.308 e. The fourth-order valence-corrected chi connectivity index (χ4v) is 4.92.